The topological polar surface area (TPSA) is 47.7 Å². The molecule has 1 unspecified atom stereocenters. The zero-order valence-corrected chi connectivity index (χ0v) is 23.7. The number of nitrogen functional groups attached to an aromatic ring is 1. The third-order valence-electron chi connectivity index (χ3n) is 7.59. The Morgan fingerprint density at radius 2 is 1.87 bits per heavy atom. The fourth-order valence-corrected chi connectivity index (χ4v) is 6.18. The zero-order chi connectivity index (χ0) is 27.4. The Labute approximate surface area is 232 Å². The van der Waals surface area contributed by atoms with Crippen molar-refractivity contribution >= 4 is 31.4 Å². The number of rotatable bonds is 9. The SMILES string of the molecule is CCOc1cc(P)c(C2=C(c3ccc(O[C@H]4CCN(CCCF)C4)cc3)c3ccc(N)cc3CCC2)cc1F. The van der Waals surface area contributed by atoms with E-state index in [1.165, 1.54) is 5.56 Å². The van der Waals surface area contributed by atoms with E-state index in [2.05, 4.69) is 38.4 Å². The van der Waals surface area contributed by atoms with Crippen molar-refractivity contribution < 1.29 is 18.3 Å². The van der Waals surface area contributed by atoms with Gasteiger partial charge in [0, 0.05) is 25.3 Å². The van der Waals surface area contributed by atoms with Gasteiger partial charge in [-0.05, 0) is 114 Å². The number of ether oxygens (including phenoxy) is 2. The van der Waals surface area contributed by atoms with E-state index in [1.807, 2.05) is 25.1 Å². The van der Waals surface area contributed by atoms with Crippen LogP contribution in [0, 0.1) is 5.82 Å². The van der Waals surface area contributed by atoms with Crippen LogP contribution in [0.4, 0.5) is 14.5 Å². The molecule has 2 aliphatic rings. The van der Waals surface area contributed by atoms with Crippen LogP contribution in [0.2, 0.25) is 0 Å². The summed E-state index contributed by atoms with van der Waals surface area (Å²) in [6, 6.07) is 17.7. The molecule has 1 heterocycles. The molecule has 2 atom stereocenters. The lowest BCUT2D eigenvalue weighted by molar-refractivity contribution is 0.198. The molecule has 0 bridgehead atoms. The van der Waals surface area contributed by atoms with Crippen LogP contribution in [0.5, 0.6) is 11.5 Å². The molecular formula is C32H37F2N2O2P. The Balaban J connectivity index is 1.51. The standard InChI is InChI=1S/C32H37F2N2O2P/c1-2-37-30-19-31(39)28(18-29(30)34)27-6-3-5-22-17-23(35)9-12-26(22)32(27)21-7-10-24(11-8-21)38-25-13-16-36(20-25)15-4-14-33/h7-12,17-19,25H,2-6,13-16,20,35,39H2,1H3/t25-/m0/s1. The van der Waals surface area contributed by atoms with E-state index in [4.69, 9.17) is 15.2 Å². The van der Waals surface area contributed by atoms with Gasteiger partial charge in [0.15, 0.2) is 11.6 Å². The van der Waals surface area contributed by atoms with Crippen LogP contribution in [0.3, 0.4) is 0 Å². The first kappa shape index (κ1) is 27.6. The number of allylic oxidation sites excluding steroid dienone is 1. The Hall–Kier alpha value is -2.95. The van der Waals surface area contributed by atoms with Gasteiger partial charge < -0.3 is 15.2 Å². The summed E-state index contributed by atoms with van der Waals surface area (Å²) in [5.41, 5.74) is 13.4. The number of hydrogen-bond donors (Lipinski definition) is 1. The number of likely N-dealkylation sites (tertiary alicyclic amines) is 1. The number of aryl methyl sites for hydroxylation is 1. The van der Waals surface area contributed by atoms with Crippen LogP contribution in [-0.2, 0) is 6.42 Å². The molecular weight excluding hydrogens is 513 g/mol. The summed E-state index contributed by atoms with van der Waals surface area (Å²) in [4.78, 5) is 2.26. The first-order chi connectivity index (χ1) is 19.0. The lowest BCUT2D eigenvalue weighted by atomic mass is 9.87. The first-order valence-corrected chi connectivity index (χ1v) is 14.4. The van der Waals surface area contributed by atoms with E-state index >= 15 is 4.39 Å². The highest BCUT2D eigenvalue weighted by Crippen LogP contribution is 2.41. The van der Waals surface area contributed by atoms with Crippen molar-refractivity contribution in [3.05, 3.63) is 82.7 Å². The van der Waals surface area contributed by atoms with E-state index in [0.29, 0.717) is 13.0 Å². The summed E-state index contributed by atoms with van der Waals surface area (Å²) in [7, 11) is 2.77. The van der Waals surface area contributed by atoms with Crippen LogP contribution < -0.4 is 20.5 Å². The highest BCUT2D eigenvalue weighted by atomic mass is 31.0. The predicted molar refractivity (Wildman–Crippen MR) is 159 cm³/mol. The molecule has 0 amide bonds. The van der Waals surface area contributed by atoms with Gasteiger partial charge in [0.25, 0.3) is 0 Å². The molecule has 7 heteroatoms. The van der Waals surface area contributed by atoms with Crippen molar-refractivity contribution in [3.8, 4) is 11.5 Å². The molecule has 3 aromatic carbocycles. The number of anilines is 1. The minimum absolute atomic E-state index is 0.110. The Bertz CT molecular complexity index is 1340. The monoisotopic (exact) mass is 550 g/mol. The van der Waals surface area contributed by atoms with Crippen molar-refractivity contribution in [2.75, 3.05) is 38.6 Å². The predicted octanol–water partition coefficient (Wildman–Crippen LogP) is 6.42. The normalized spacial score (nSPS) is 17.7. The van der Waals surface area contributed by atoms with Gasteiger partial charge in [-0.2, -0.15) is 0 Å². The van der Waals surface area contributed by atoms with Crippen LogP contribution in [0.25, 0.3) is 11.1 Å². The molecule has 3 aromatic rings. The van der Waals surface area contributed by atoms with Crippen LogP contribution >= 0.6 is 9.24 Å². The van der Waals surface area contributed by atoms with E-state index in [1.54, 1.807) is 12.1 Å². The first-order valence-electron chi connectivity index (χ1n) is 13.9. The largest absolute Gasteiger partial charge is 0.491 e. The molecule has 39 heavy (non-hydrogen) atoms. The second kappa shape index (κ2) is 12.5. The minimum Gasteiger partial charge on any atom is -0.491 e. The number of fused-ring (bicyclic) bond motifs is 1. The molecule has 0 saturated carbocycles. The number of hydrogen-bond acceptors (Lipinski definition) is 4. The summed E-state index contributed by atoms with van der Waals surface area (Å²) in [5.74, 6) is 0.739. The maximum atomic E-state index is 15.1. The Morgan fingerprint density at radius 3 is 2.64 bits per heavy atom. The molecule has 1 aliphatic heterocycles. The summed E-state index contributed by atoms with van der Waals surface area (Å²) in [5, 5.41) is 0.907. The summed E-state index contributed by atoms with van der Waals surface area (Å²) < 4.78 is 39.4. The fourth-order valence-electron chi connectivity index (χ4n) is 5.78. The average Bonchev–Trinajstić information content (AvgIpc) is 3.29. The molecule has 1 aliphatic carbocycles. The van der Waals surface area contributed by atoms with Gasteiger partial charge in [0.2, 0.25) is 0 Å². The quantitative estimate of drug-likeness (QED) is 0.247. The average molecular weight is 551 g/mol. The zero-order valence-electron chi connectivity index (χ0n) is 22.5. The van der Waals surface area contributed by atoms with Gasteiger partial charge >= 0.3 is 0 Å². The molecule has 0 radical (unpaired) electrons. The number of nitrogens with two attached hydrogens (primary N) is 1. The van der Waals surface area contributed by atoms with E-state index in [-0.39, 0.29) is 24.3 Å². The van der Waals surface area contributed by atoms with Gasteiger partial charge in [0.1, 0.15) is 11.9 Å². The number of alkyl halides is 1. The number of benzene rings is 3. The second-order valence-electron chi connectivity index (χ2n) is 10.3. The molecule has 0 aromatic heterocycles. The lowest BCUT2D eigenvalue weighted by Crippen LogP contribution is -2.26. The molecule has 5 rings (SSSR count). The maximum absolute atomic E-state index is 15.1. The summed E-state index contributed by atoms with van der Waals surface area (Å²) >= 11 is 0. The van der Waals surface area contributed by atoms with Crippen molar-refractivity contribution in [2.24, 2.45) is 0 Å². The van der Waals surface area contributed by atoms with Crippen molar-refractivity contribution in [1.82, 2.24) is 4.90 Å². The molecule has 1 saturated heterocycles. The van der Waals surface area contributed by atoms with Crippen LogP contribution in [0.15, 0.2) is 54.6 Å². The highest BCUT2D eigenvalue weighted by Gasteiger charge is 2.25. The van der Waals surface area contributed by atoms with Crippen molar-refractivity contribution in [3.63, 3.8) is 0 Å². The number of nitrogens with zero attached hydrogens (tertiary/aromatic N) is 1. The van der Waals surface area contributed by atoms with Crippen LogP contribution in [-0.4, -0.2) is 43.9 Å². The molecule has 1 fully saturated rings. The fraction of sp³-hybridized carbons (Fsp3) is 0.375. The van der Waals surface area contributed by atoms with Gasteiger partial charge in [-0.1, -0.05) is 18.2 Å². The smallest absolute Gasteiger partial charge is 0.165 e. The molecule has 0 spiro atoms. The third-order valence-corrected chi connectivity index (χ3v) is 8.06. The lowest BCUT2D eigenvalue weighted by Gasteiger charge is -2.20. The maximum Gasteiger partial charge on any atom is 0.165 e. The third kappa shape index (κ3) is 6.28. The minimum atomic E-state index is -0.354. The summed E-state index contributed by atoms with van der Waals surface area (Å²) in [6.45, 7) is 4.53. The van der Waals surface area contributed by atoms with Gasteiger partial charge in [0.05, 0.1) is 13.3 Å². The van der Waals surface area contributed by atoms with Gasteiger partial charge in [-0.25, -0.2) is 4.39 Å². The Morgan fingerprint density at radius 1 is 1.05 bits per heavy atom. The molecule has 2 N–H and O–H groups in total. The van der Waals surface area contributed by atoms with Gasteiger partial charge in [-0.15, -0.1) is 9.24 Å². The Kier molecular flexibility index (Phi) is 8.84. The van der Waals surface area contributed by atoms with Crippen LogP contribution in [0.1, 0.15) is 54.9 Å². The number of halogens is 2. The van der Waals surface area contributed by atoms with Crippen molar-refractivity contribution in [2.45, 2.75) is 45.1 Å². The van der Waals surface area contributed by atoms with Crippen molar-refractivity contribution in [1.29, 1.82) is 0 Å². The molecule has 206 valence electrons. The highest BCUT2D eigenvalue weighted by molar-refractivity contribution is 7.27. The van der Waals surface area contributed by atoms with Gasteiger partial charge in [-0.3, -0.25) is 9.29 Å². The van der Waals surface area contributed by atoms with E-state index in [0.717, 1.165) is 89.9 Å². The summed E-state index contributed by atoms with van der Waals surface area (Å²) in [6.07, 6.45) is 4.28. The second-order valence-corrected chi connectivity index (χ2v) is 10.9. The van der Waals surface area contributed by atoms with E-state index in [9.17, 15) is 4.39 Å². The molecule has 4 nitrogen and oxygen atoms in total. The van der Waals surface area contributed by atoms with E-state index < -0.39 is 0 Å².